The summed E-state index contributed by atoms with van der Waals surface area (Å²) in [6, 6.07) is 0.161. The van der Waals surface area contributed by atoms with Crippen molar-refractivity contribution in [1.82, 2.24) is 10.2 Å². The quantitative estimate of drug-likeness (QED) is 0.624. The minimum Gasteiger partial charge on any atom is -0.338 e. The molecule has 0 radical (unpaired) electrons. The van der Waals surface area contributed by atoms with Gasteiger partial charge in [-0.3, -0.25) is 0 Å². The van der Waals surface area contributed by atoms with E-state index in [9.17, 15) is 4.79 Å². The fraction of sp³-hybridized carbons (Fsp3) is 0.909. The molecule has 78 valence electrons. The third kappa shape index (κ3) is 0.698. The summed E-state index contributed by atoms with van der Waals surface area (Å²) in [5, 5.41) is 3.00. The first kappa shape index (κ1) is 8.57. The molecule has 2 aliphatic heterocycles. The number of urea groups is 1. The highest BCUT2D eigenvalue weighted by atomic mass is 16.2. The normalized spacial score (nSPS) is 50.6. The summed E-state index contributed by atoms with van der Waals surface area (Å²) in [6.45, 7) is 6.49. The molecule has 1 N–H and O–H groups in total. The van der Waals surface area contributed by atoms with Crippen molar-refractivity contribution in [3.8, 4) is 0 Å². The molecule has 0 aromatic heterocycles. The maximum absolute atomic E-state index is 11.8. The maximum atomic E-state index is 11.8. The first-order valence-corrected chi connectivity index (χ1v) is 5.63. The van der Waals surface area contributed by atoms with Crippen LogP contribution in [0, 0.1) is 11.3 Å². The molecule has 0 aromatic carbocycles. The van der Waals surface area contributed by atoms with Crippen LogP contribution in [0.1, 0.15) is 33.1 Å². The Morgan fingerprint density at radius 1 is 1.50 bits per heavy atom. The summed E-state index contributed by atoms with van der Waals surface area (Å²) in [5.74, 6) is 0.686. The van der Waals surface area contributed by atoms with Crippen LogP contribution in [0.2, 0.25) is 0 Å². The van der Waals surface area contributed by atoms with E-state index in [-0.39, 0.29) is 11.6 Å². The highest BCUT2D eigenvalue weighted by Gasteiger charge is 2.66. The van der Waals surface area contributed by atoms with Crippen LogP contribution in [-0.2, 0) is 0 Å². The second-order valence-corrected chi connectivity index (χ2v) is 5.55. The molecule has 3 fully saturated rings. The van der Waals surface area contributed by atoms with Crippen LogP contribution in [0.3, 0.4) is 0 Å². The minimum absolute atomic E-state index is 0.160. The van der Waals surface area contributed by atoms with Gasteiger partial charge in [0.05, 0.1) is 5.54 Å². The summed E-state index contributed by atoms with van der Waals surface area (Å²) in [6.07, 6.45) is 3.76. The van der Waals surface area contributed by atoms with E-state index >= 15 is 0 Å². The van der Waals surface area contributed by atoms with E-state index in [0.29, 0.717) is 11.3 Å². The Kier molecular flexibility index (Phi) is 1.38. The largest absolute Gasteiger partial charge is 0.338 e. The van der Waals surface area contributed by atoms with Crippen LogP contribution < -0.4 is 5.32 Å². The van der Waals surface area contributed by atoms with Gasteiger partial charge in [-0.1, -0.05) is 6.92 Å². The van der Waals surface area contributed by atoms with Crippen molar-refractivity contribution in [2.24, 2.45) is 11.3 Å². The van der Waals surface area contributed by atoms with Gasteiger partial charge in [-0.25, -0.2) is 4.79 Å². The van der Waals surface area contributed by atoms with Crippen molar-refractivity contribution in [3.05, 3.63) is 0 Å². The lowest BCUT2D eigenvalue weighted by atomic mass is 9.46. The van der Waals surface area contributed by atoms with Gasteiger partial charge in [-0.2, -0.15) is 0 Å². The Balaban J connectivity index is 2.02. The number of nitrogens with one attached hydrogen (secondary N) is 1. The minimum atomic E-state index is 0.160. The lowest BCUT2D eigenvalue weighted by Gasteiger charge is -2.70. The lowest BCUT2D eigenvalue weighted by Crippen LogP contribution is -2.78. The predicted octanol–water partition coefficient (Wildman–Crippen LogP) is 1.59. The molecule has 2 saturated heterocycles. The van der Waals surface area contributed by atoms with Crippen molar-refractivity contribution < 1.29 is 4.79 Å². The fourth-order valence-corrected chi connectivity index (χ4v) is 3.96. The third-order valence-corrected chi connectivity index (χ3v) is 5.13. The second kappa shape index (κ2) is 2.26. The number of carbonyl (C=O) groups excluding carboxylic acids is 1. The molecule has 3 heteroatoms. The van der Waals surface area contributed by atoms with Gasteiger partial charge in [0.2, 0.25) is 0 Å². The molecule has 1 aliphatic carbocycles. The molecular formula is C11H18N2O. The summed E-state index contributed by atoms with van der Waals surface area (Å²) >= 11 is 0. The van der Waals surface area contributed by atoms with E-state index < -0.39 is 0 Å². The smallest absolute Gasteiger partial charge is 0.317 e. The summed E-state index contributed by atoms with van der Waals surface area (Å²) in [7, 11) is 0. The molecule has 0 aromatic rings. The highest BCUT2D eigenvalue weighted by molar-refractivity contribution is 5.77. The Hall–Kier alpha value is -0.730. The van der Waals surface area contributed by atoms with E-state index in [4.69, 9.17) is 0 Å². The van der Waals surface area contributed by atoms with E-state index in [0.717, 1.165) is 13.1 Å². The van der Waals surface area contributed by atoms with Gasteiger partial charge >= 0.3 is 6.03 Å². The van der Waals surface area contributed by atoms with Crippen LogP contribution in [0.25, 0.3) is 0 Å². The Bertz CT molecular complexity index is 304. The molecule has 0 bridgehead atoms. The average molecular weight is 194 g/mol. The zero-order chi connectivity index (χ0) is 9.97. The van der Waals surface area contributed by atoms with Crippen molar-refractivity contribution >= 4 is 6.03 Å². The van der Waals surface area contributed by atoms with E-state index in [1.807, 2.05) is 0 Å². The number of carbonyl (C=O) groups is 1. The van der Waals surface area contributed by atoms with Crippen LogP contribution in [0.15, 0.2) is 0 Å². The van der Waals surface area contributed by atoms with Gasteiger partial charge in [0, 0.05) is 19.0 Å². The topological polar surface area (TPSA) is 32.3 Å². The van der Waals surface area contributed by atoms with Gasteiger partial charge in [0.15, 0.2) is 0 Å². The van der Waals surface area contributed by atoms with E-state index in [2.05, 4.69) is 24.1 Å². The molecular weight excluding hydrogens is 176 g/mol. The maximum Gasteiger partial charge on any atom is 0.317 e. The second-order valence-electron chi connectivity index (χ2n) is 5.55. The van der Waals surface area contributed by atoms with Crippen molar-refractivity contribution in [3.63, 3.8) is 0 Å². The standard InChI is InChI=1S/C11H18N2O/c1-10-4-3-5-13-9(14)12-7-8(6-10)11(10,13)2/h8H,3-7H2,1-2H3,(H,12,14). The van der Waals surface area contributed by atoms with Gasteiger partial charge in [-0.05, 0) is 31.6 Å². The average Bonchev–Trinajstić information content (AvgIpc) is 2.15. The molecule has 2 amide bonds. The molecule has 3 unspecified atom stereocenters. The van der Waals surface area contributed by atoms with Crippen LogP contribution in [-0.4, -0.2) is 29.6 Å². The summed E-state index contributed by atoms with van der Waals surface area (Å²) in [4.78, 5) is 13.8. The van der Waals surface area contributed by atoms with Crippen molar-refractivity contribution in [2.45, 2.75) is 38.6 Å². The van der Waals surface area contributed by atoms with Gasteiger partial charge in [-0.15, -0.1) is 0 Å². The molecule has 1 saturated carbocycles. The zero-order valence-electron chi connectivity index (χ0n) is 8.97. The predicted molar refractivity (Wildman–Crippen MR) is 54.0 cm³/mol. The zero-order valence-corrected chi connectivity index (χ0v) is 8.97. The summed E-state index contributed by atoms with van der Waals surface area (Å²) in [5.41, 5.74) is 0.557. The number of hydrogen-bond acceptors (Lipinski definition) is 1. The van der Waals surface area contributed by atoms with E-state index in [1.54, 1.807) is 0 Å². The van der Waals surface area contributed by atoms with Crippen LogP contribution in [0.4, 0.5) is 4.79 Å². The molecule has 14 heavy (non-hydrogen) atoms. The number of piperidine rings is 1. The SMILES string of the molecule is CC12CCCN3C(=O)NCC(C1)C32C. The van der Waals surface area contributed by atoms with Crippen molar-refractivity contribution in [1.29, 1.82) is 0 Å². The number of rotatable bonds is 0. The van der Waals surface area contributed by atoms with Gasteiger partial charge < -0.3 is 10.2 Å². The van der Waals surface area contributed by atoms with Gasteiger partial charge in [0.25, 0.3) is 0 Å². The molecule has 3 rings (SSSR count). The number of amides is 2. The Labute approximate surface area is 84.8 Å². The molecule has 3 atom stereocenters. The fourth-order valence-electron chi connectivity index (χ4n) is 3.96. The van der Waals surface area contributed by atoms with E-state index in [1.165, 1.54) is 19.3 Å². The van der Waals surface area contributed by atoms with Crippen molar-refractivity contribution in [2.75, 3.05) is 13.1 Å². The number of hydrogen-bond donors (Lipinski definition) is 1. The molecule has 0 spiro atoms. The number of nitrogens with zero attached hydrogens (tertiary/aromatic N) is 1. The Morgan fingerprint density at radius 2 is 2.29 bits per heavy atom. The highest BCUT2D eigenvalue weighted by Crippen LogP contribution is 2.62. The first-order valence-electron chi connectivity index (χ1n) is 5.63. The first-order chi connectivity index (χ1) is 6.58. The van der Waals surface area contributed by atoms with Gasteiger partial charge in [0.1, 0.15) is 0 Å². The molecule has 3 nitrogen and oxygen atoms in total. The molecule has 2 heterocycles. The van der Waals surface area contributed by atoms with Crippen LogP contribution >= 0.6 is 0 Å². The molecule has 3 aliphatic rings. The third-order valence-electron chi connectivity index (χ3n) is 5.13. The monoisotopic (exact) mass is 194 g/mol. The lowest BCUT2D eigenvalue weighted by molar-refractivity contribution is -0.170. The summed E-state index contributed by atoms with van der Waals surface area (Å²) < 4.78 is 0. The van der Waals surface area contributed by atoms with Crippen LogP contribution in [0.5, 0.6) is 0 Å². The Morgan fingerprint density at radius 3 is 3.00 bits per heavy atom.